The maximum Gasteiger partial charge on any atom is 0.319 e. The Balaban J connectivity index is 2.94. The Morgan fingerprint density at radius 2 is 2.25 bits per heavy atom. The smallest absolute Gasteiger partial charge is 0.319 e. The Kier molecular flexibility index (Phi) is 5.15. The van der Waals surface area contributed by atoms with Crippen LogP contribution in [0, 0.1) is 0 Å². The minimum Gasteiger partial charge on any atom is -0.480 e. The maximum absolute atomic E-state index is 12.0. The largest absolute Gasteiger partial charge is 0.480 e. The number of halogens is 1. The van der Waals surface area contributed by atoms with Crippen molar-refractivity contribution in [2.24, 2.45) is 0 Å². The fourth-order valence-corrected chi connectivity index (χ4v) is 3.31. The molecule has 5 heteroatoms. The van der Waals surface area contributed by atoms with Crippen LogP contribution in [0.1, 0.15) is 19.8 Å². The number of carbonyl (C=O) groups is 1. The minimum absolute atomic E-state index is 0.425. The van der Waals surface area contributed by atoms with Gasteiger partial charge in [0.1, 0.15) is 5.25 Å². The van der Waals surface area contributed by atoms with E-state index in [9.17, 15) is 9.00 Å². The van der Waals surface area contributed by atoms with Crippen LogP contribution in [-0.2, 0) is 15.6 Å². The molecule has 0 radical (unpaired) electrons. The molecular weight excluding hydrogens is 292 g/mol. The Labute approximate surface area is 105 Å². The summed E-state index contributed by atoms with van der Waals surface area (Å²) in [4.78, 5) is 11.5. The summed E-state index contributed by atoms with van der Waals surface area (Å²) >= 11 is 3.27. The van der Waals surface area contributed by atoms with E-state index >= 15 is 0 Å². The van der Waals surface area contributed by atoms with E-state index in [0.717, 1.165) is 4.47 Å². The lowest BCUT2D eigenvalue weighted by molar-refractivity contribution is -0.136. The molecule has 1 rings (SSSR count). The molecule has 0 saturated heterocycles. The molecule has 1 aromatic rings. The number of aliphatic carboxylic acids is 1. The third kappa shape index (κ3) is 3.42. The molecule has 0 aliphatic carbocycles. The summed E-state index contributed by atoms with van der Waals surface area (Å²) < 4.78 is 12.8. The third-order valence-corrected chi connectivity index (χ3v) is 4.28. The van der Waals surface area contributed by atoms with Crippen LogP contribution in [0.15, 0.2) is 33.6 Å². The second kappa shape index (κ2) is 6.15. The second-order valence-corrected chi connectivity index (χ2v) is 5.92. The maximum atomic E-state index is 12.0. The molecule has 0 aliphatic rings. The Bertz CT molecular complexity index is 406. The lowest BCUT2D eigenvalue weighted by Crippen LogP contribution is -2.25. The monoisotopic (exact) mass is 304 g/mol. The SMILES string of the molecule is CCCC(C(=O)O)S(=O)c1cccc(Br)c1. The van der Waals surface area contributed by atoms with E-state index in [0.29, 0.717) is 17.7 Å². The summed E-state index contributed by atoms with van der Waals surface area (Å²) in [6.45, 7) is 1.88. The highest BCUT2D eigenvalue weighted by molar-refractivity contribution is 9.10. The van der Waals surface area contributed by atoms with Crippen LogP contribution in [0.3, 0.4) is 0 Å². The first kappa shape index (κ1) is 13.4. The van der Waals surface area contributed by atoms with E-state index in [1.165, 1.54) is 0 Å². The zero-order valence-corrected chi connectivity index (χ0v) is 11.3. The average molecular weight is 305 g/mol. The molecule has 2 atom stereocenters. The summed E-state index contributed by atoms with van der Waals surface area (Å²) in [5.41, 5.74) is 0. The molecule has 0 amide bonds. The van der Waals surface area contributed by atoms with Gasteiger partial charge in [0.05, 0.1) is 10.8 Å². The van der Waals surface area contributed by atoms with Gasteiger partial charge in [-0.05, 0) is 24.6 Å². The second-order valence-electron chi connectivity index (χ2n) is 3.37. The molecule has 0 bridgehead atoms. The molecule has 0 spiro atoms. The molecule has 88 valence electrons. The van der Waals surface area contributed by atoms with Crippen molar-refractivity contribution in [2.75, 3.05) is 0 Å². The van der Waals surface area contributed by atoms with Crippen LogP contribution < -0.4 is 0 Å². The Hall–Kier alpha value is -0.680. The molecule has 0 aliphatic heterocycles. The van der Waals surface area contributed by atoms with Crippen molar-refractivity contribution in [3.63, 3.8) is 0 Å². The van der Waals surface area contributed by atoms with E-state index in [2.05, 4.69) is 15.9 Å². The van der Waals surface area contributed by atoms with Gasteiger partial charge in [-0.3, -0.25) is 9.00 Å². The fraction of sp³-hybridized carbons (Fsp3) is 0.364. The molecule has 2 unspecified atom stereocenters. The Morgan fingerprint density at radius 1 is 1.56 bits per heavy atom. The summed E-state index contributed by atoms with van der Waals surface area (Å²) in [6, 6.07) is 6.95. The van der Waals surface area contributed by atoms with Gasteiger partial charge >= 0.3 is 5.97 Å². The molecular formula is C11H13BrO3S. The fourth-order valence-electron chi connectivity index (χ4n) is 1.34. The predicted molar refractivity (Wildman–Crippen MR) is 66.9 cm³/mol. The van der Waals surface area contributed by atoms with E-state index in [1.807, 2.05) is 13.0 Å². The van der Waals surface area contributed by atoms with Gasteiger partial charge in [0, 0.05) is 9.37 Å². The highest BCUT2D eigenvalue weighted by Crippen LogP contribution is 2.19. The lowest BCUT2D eigenvalue weighted by Gasteiger charge is -2.11. The molecule has 3 nitrogen and oxygen atoms in total. The van der Waals surface area contributed by atoms with Crippen LogP contribution in [0.2, 0.25) is 0 Å². The molecule has 0 heterocycles. The van der Waals surface area contributed by atoms with Gasteiger partial charge in [-0.1, -0.05) is 35.3 Å². The molecule has 1 aromatic carbocycles. The van der Waals surface area contributed by atoms with E-state index in [4.69, 9.17) is 5.11 Å². The van der Waals surface area contributed by atoms with Gasteiger partial charge in [-0.25, -0.2) is 0 Å². The van der Waals surface area contributed by atoms with Crippen LogP contribution in [-0.4, -0.2) is 20.5 Å². The van der Waals surface area contributed by atoms with Gasteiger partial charge in [0.15, 0.2) is 0 Å². The number of hydrogen-bond donors (Lipinski definition) is 1. The average Bonchev–Trinajstić information content (AvgIpc) is 2.24. The van der Waals surface area contributed by atoms with Crippen molar-refractivity contribution in [1.82, 2.24) is 0 Å². The van der Waals surface area contributed by atoms with Crippen LogP contribution in [0.4, 0.5) is 0 Å². The van der Waals surface area contributed by atoms with Gasteiger partial charge < -0.3 is 5.11 Å². The van der Waals surface area contributed by atoms with Crippen molar-refractivity contribution in [2.45, 2.75) is 29.9 Å². The van der Waals surface area contributed by atoms with E-state index in [-0.39, 0.29) is 0 Å². The standard InChI is InChI=1S/C11H13BrO3S/c1-2-4-10(11(13)14)16(15)9-6-3-5-8(12)7-9/h3,5-7,10H,2,4H2,1H3,(H,13,14). The minimum atomic E-state index is -1.49. The molecule has 1 N–H and O–H groups in total. The lowest BCUT2D eigenvalue weighted by atomic mass is 10.2. The molecule has 0 fully saturated rings. The molecule has 0 saturated carbocycles. The van der Waals surface area contributed by atoms with Gasteiger partial charge in [-0.15, -0.1) is 0 Å². The number of carboxylic acid groups (broad SMARTS) is 1. The summed E-state index contributed by atoms with van der Waals surface area (Å²) in [5.74, 6) is -1.000. The van der Waals surface area contributed by atoms with Crippen LogP contribution in [0.25, 0.3) is 0 Å². The first-order valence-electron chi connectivity index (χ1n) is 4.95. The van der Waals surface area contributed by atoms with Crippen LogP contribution >= 0.6 is 15.9 Å². The zero-order chi connectivity index (χ0) is 12.1. The quantitative estimate of drug-likeness (QED) is 0.910. The molecule has 0 aromatic heterocycles. The van der Waals surface area contributed by atoms with E-state index < -0.39 is 22.0 Å². The number of carboxylic acids is 1. The number of rotatable bonds is 5. The van der Waals surface area contributed by atoms with Gasteiger partial charge in [-0.2, -0.15) is 0 Å². The van der Waals surface area contributed by atoms with Crippen molar-refractivity contribution in [1.29, 1.82) is 0 Å². The number of hydrogen-bond acceptors (Lipinski definition) is 2. The van der Waals surface area contributed by atoms with Gasteiger partial charge in [0.2, 0.25) is 0 Å². The summed E-state index contributed by atoms with van der Waals surface area (Å²) in [5, 5.41) is 8.18. The van der Waals surface area contributed by atoms with Crippen LogP contribution in [0.5, 0.6) is 0 Å². The first-order chi connectivity index (χ1) is 7.56. The first-order valence-corrected chi connectivity index (χ1v) is 6.95. The normalized spacial score (nSPS) is 14.4. The predicted octanol–water partition coefficient (Wildman–Crippen LogP) is 2.81. The topological polar surface area (TPSA) is 54.4 Å². The molecule has 16 heavy (non-hydrogen) atoms. The Morgan fingerprint density at radius 3 is 2.75 bits per heavy atom. The van der Waals surface area contributed by atoms with Crippen molar-refractivity contribution >= 4 is 32.7 Å². The van der Waals surface area contributed by atoms with Crippen molar-refractivity contribution < 1.29 is 14.1 Å². The zero-order valence-electron chi connectivity index (χ0n) is 8.85. The summed E-state index contributed by atoms with van der Waals surface area (Å²) in [7, 11) is -1.49. The number of benzene rings is 1. The van der Waals surface area contributed by atoms with Crippen molar-refractivity contribution in [3.05, 3.63) is 28.7 Å². The highest BCUT2D eigenvalue weighted by atomic mass is 79.9. The van der Waals surface area contributed by atoms with Crippen molar-refractivity contribution in [3.8, 4) is 0 Å². The van der Waals surface area contributed by atoms with Gasteiger partial charge in [0.25, 0.3) is 0 Å². The highest BCUT2D eigenvalue weighted by Gasteiger charge is 2.24. The third-order valence-electron chi connectivity index (χ3n) is 2.11. The summed E-state index contributed by atoms with van der Waals surface area (Å²) in [6.07, 6.45) is 1.13. The van der Waals surface area contributed by atoms with E-state index in [1.54, 1.807) is 18.2 Å².